The van der Waals surface area contributed by atoms with Crippen LogP contribution in [0.2, 0.25) is 0 Å². The Morgan fingerprint density at radius 1 is 1.15 bits per heavy atom. The highest BCUT2D eigenvalue weighted by Gasteiger charge is 2.28. The van der Waals surface area contributed by atoms with Crippen LogP contribution in [0.15, 0.2) is 36.4 Å². The van der Waals surface area contributed by atoms with Gasteiger partial charge in [-0.2, -0.15) is 0 Å². The Bertz CT molecular complexity index is 608. The van der Waals surface area contributed by atoms with Gasteiger partial charge in [-0.1, -0.05) is 56.3 Å². The summed E-state index contributed by atoms with van der Waals surface area (Å²) in [5.74, 6) is 0.140. The average molecular weight is 359 g/mol. The van der Waals surface area contributed by atoms with Gasteiger partial charge in [0.1, 0.15) is 6.04 Å². The van der Waals surface area contributed by atoms with Crippen molar-refractivity contribution in [1.29, 1.82) is 0 Å². The van der Waals surface area contributed by atoms with Crippen molar-refractivity contribution in [3.05, 3.63) is 42.0 Å². The standard InChI is InChI=1S/C20H29N3O3/c1-16(2)15-18(21-20(25)26)19(24)23-13-11-22(12-14-23)10-6-9-17-7-4-3-5-8-17/h3-9,16,18,21H,10-15H2,1-2H3,(H,25,26)/b9-6+. The third-order valence-electron chi connectivity index (χ3n) is 4.46. The summed E-state index contributed by atoms with van der Waals surface area (Å²) in [6, 6.07) is 9.51. The molecule has 1 saturated heterocycles. The summed E-state index contributed by atoms with van der Waals surface area (Å²) >= 11 is 0. The number of amides is 2. The van der Waals surface area contributed by atoms with Gasteiger partial charge >= 0.3 is 6.09 Å². The number of hydrogen-bond acceptors (Lipinski definition) is 3. The lowest BCUT2D eigenvalue weighted by molar-refractivity contribution is -0.135. The lowest BCUT2D eigenvalue weighted by Gasteiger charge is -2.36. The zero-order valence-electron chi connectivity index (χ0n) is 15.6. The average Bonchev–Trinajstić information content (AvgIpc) is 2.61. The van der Waals surface area contributed by atoms with E-state index in [2.05, 4.69) is 34.5 Å². The van der Waals surface area contributed by atoms with Crippen molar-refractivity contribution in [3.8, 4) is 0 Å². The number of carbonyl (C=O) groups excluding carboxylic acids is 1. The van der Waals surface area contributed by atoms with Gasteiger partial charge in [-0.05, 0) is 17.9 Å². The maximum Gasteiger partial charge on any atom is 0.405 e. The normalized spacial score (nSPS) is 16.8. The Hall–Kier alpha value is -2.34. The van der Waals surface area contributed by atoms with Crippen LogP contribution < -0.4 is 5.32 Å². The summed E-state index contributed by atoms with van der Waals surface area (Å²) in [5, 5.41) is 11.4. The van der Waals surface area contributed by atoms with Crippen molar-refractivity contribution >= 4 is 18.1 Å². The smallest absolute Gasteiger partial charge is 0.405 e. The predicted molar refractivity (Wildman–Crippen MR) is 103 cm³/mol. The maximum absolute atomic E-state index is 12.6. The SMILES string of the molecule is CC(C)CC(NC(=O)O)C(=O)N1CCN(C/C=C/c2ccccc2)CC1. The zero-order chi connectivity index (χ0) is 18.9. The van der Waals surface area contributed by atoms with Gasteiger partial charge in [0.05, 0.1) is 0 Å². The molecule has 1 unspecified atom stereocenters. The fourth-order valence-electron chi connectivity index (χ4n) is 3.12. The number of nitrogens with zero attached hydrogens (tertiary/aromatic N) is 2. The summed E-state index contributed by atoms with van der Waals surface area (Å²) in [6.07, 6.45) is 3.62. The van der Waals surface area contributed by atoms with Crippen LogP contribution in [0, 0.1) is 5.92 Å². The molecule has 1 fully saturated rings. The minimum atomic E-state index is -1.14. The molecule has 0 aromatic heterocycles. The minimum absolute atomic E-state index is 0.111. The largest absolute Gasteiger partial charge is 0.465 e. The van der Waals surface area contributed by atoms with Crippen molar-refractivity contribution in [2.75, 3.05) is 32.7 Å². The quantitative estimate of drug-likeness (QED) is 0.785. The van der Waals surface area contributed by atoms with Gasteiger partial charge in [-0.15, -0.1) is 0 Å². The number of carbonyl (C=O) groups is 2. The Morgan fingerprint density at radius 2 is 1.81 bits per heavy atom. The second kappa shape index (κ2) is 9.97. The number of hydrogen-bond donors (Lipinski definition) is 2. The third-order valence-corrected chi connectivity index (χ3v) is 4.46. The van der Waals surface area contributed by atoms with E-state index in [9.17, 15) is 9.59 Å². The first kappa shape index (κ1) is 20.0. The summed E-state index contributed by atoms with van der Waals surface area (Å²) in [6.45, 7) is 7.68. The zero-order valence-corrected chi connectivity index (χ0v) is 15.6. The first-order valence-electron chi connectivity index (χ1n) is 9.18. The Labute approximate surface area is 155 Å². The second-order valence-corrected chi connectivity index (χ2v) is 7.07. The van der Waals surface area contributed by atoms with Crippen LogP contribution in [0.1, 0.15) is 25.8 Å². The van der Waals surface area contributed by atoms with Gasteiger partial charge < -0.3 is 15.3 Å². The highest BCUT2D eigenvalue weighted by Crippen LogP contribution is 2.11. The number of piperazine rings is 1. The van der Waals surface area contributed by atoms with Gasteiger partial charge in [0, 0.05) is 32.7 Å². The van der Waals surface area contributed by atoms with Gasteiger partial charge in [0.2, 0.25) is 5.91 Å². The van der Waals surface area contributed by atoms with Crippen molar-refractivity contribution < 1.29 is 14.7 Å². The van der Waals surface area contributed by atoms with E-state index in [1.54, 1.807) is 4.90 Å². The second-order valence-electron chi connectivity index (χ2n) is 7.07. The molecule has 1 heterocycles. The molecule has 1 aromatic rings. The highest BCUT2D eigenvalue weighted by molar-refractivity contribution is 5.85. The first-order valence-corrected chi connectivity index (χ1v) is 9.18. The van der Waals surface area contributed by atoms with Crippen molar-refractivity contribution in [3.63, 3.8) is 0 Å². The van der Waals surface area contributed by atoms with Crippen molar-refractivity contribution in [2.45, 2.75) is 26.3 Å². The molecule has 0 spiro atoms. The molecule has 0 radical (unpaired) electrons. The van der Waals surface area contributed by atoms with Gasteiger partial charge in [0.15, 0.2) is 0 Å². The lowest BCUT2D eigenvalue weighted by atomic mass is 10.0. The van der Waals surface area contributed by atoms with Crippen LogP contribution in [-0.2, 0) is 4.79 Å². The predicted octanol–water partition coefficient (Wildman–Crippen LogP) is 2.53. The Kier molecular flexibility index (Phi) is 7.66. The molecule has 0 bridgehead atoms. The summed E-state index contributed by atoms with van der Waals surface area (Å²) < 4.78 is 0. The monoisotopic (exact) mass is 359 g/mol. The fraction of sp³-hybridized carbons (Fsp3) is 0.500. The number of rotatable bonds is 7. The Morgan fingerprint density at radius 3 is 2.38 bits per heavy atom. The van der Waals surface area contributed by atoms with E-state index < -0.39 is 12.1 Å². The van der Waals surface area contributed by atoms with E-state index in [0.717, 1.165) is 19.6 Å². The number of benzene rings is 1. The highest BCUT2D eigenvalue weighted by atomic mass is 16.4. The molecule has 2 N–H and O–H groups in total. The topological polar surface area (TPSA) is 72.9 Å². The first-order chi connectivity index (χ1) is 12.5. The van der Waals surface area contributed by atoms with Crippen LogP contribution in [0.5, 0.6) is 0 Å². The van der Waals surface area contributed by atoms with E-state index in [-0.39, 0.29) is 11.8 Å². The molecule has 0 aliphatic carbocycles. The van der Waals surface area contributed by atoms with Crippen LogP contribution in [-0.4, -0.2) is 65.7 Å². The lowest BCUT2D eigenvalue weighted by Crippen LogP contribution is -2.55. The van der Waals surface area contributed by atoms with E-state index in [1.165, 1.54) is 5.56 Å². The van der Waals surface area contributed by atoms with Crippen LogP contribution >= 0.6 is 0 Å². The molecule has 142 valence electrons. The van der Waals surface area contributed by atoms with E-state index in [1.807, 2.05) is 32.0 Å². The molecule has 0 saturated carbocycles. The van der Waals surface area contributed by atoms with Gasteiger partial charge in [0.25, 0.3) is 0 Å². The molecule has 2 amide bonds. The molecule has 1 aliphatic heterocycles. The Balaban J connectivity index is 1.81. The molecule has 1 atom stereocenters. The molecule has 6 nitrogen and oxygen atoms in total. The van der Waals surface area contributed by atoms with Crippen LogP contribution in [0.3, 0.4) is 0 Å². The summed E-state index contributed by atoms with van der Waals surface area (Å²) in [4.78, 5) is 27.7. The molecular weight excluding hydrogens is 330 g/mol. The van der Waals surface area contributed by atoms with E-state index >= 15 is 0 Å². The molecule has 6 heteroatoms. The van der Waals surface area contributed by atoms with Crippen LogP contribution in [0.25, 0.3) is 6.08 Å². The van der Waals surface area contributed by atoms with Gasteiger partial charge in [-0.3, -0.25) is 9.69 Å². The summed E-state index contributed by atoms with van der Waals surface area (Å²) in [5.41, 5.74) is 1.18. The van der Waals surface area contributed by atoms with Crippen molar-refractivity contribution in [1.82, 2.24) is 15.1 Å². The number of nitrogens with one attached hydrogen (secondary N) is 1. The van der Waals surface area contributed by atoms with E-state index in [0.29, 0.717) is 19.5 Å². The molecule has 1 aromatic carbocycles. The van der Waals surface area contributed by atoms with Crippen LogP contribution in [0.4, 0.5) is 4.79 Å². The van der Waals surface area contributed by atoms with Crippen molar-refractivity contribution in [2.24, 2.45) is 5.92 Å². The number of carboxylic acid groups (broad SMARTS) is 1. The fourth-order valence-corrected chi connectivity index (χ4v) is 3.12. The minimum Gasteiger partial charge on any atom is -0.465 e. The molecule has 1 aliphatic rings. The van der Waals surface area contributed by atoms with E-state index in [4.69, 9.17) is 5.11 Å². The molecule has 2 rings (SSSR count). The molecule has 26 heavy (non-hydrogen) atoms. The summed E-state index contributed by atoms with van der Waals surface area (Å²) in [7, 11) is 0. The molecular formula is C20H29N3O3. The third kappa shape index (κ3) is 6.52. The maximum atomic E-state index is 12.6. The van der Waals surface area contributed by atoms with Gasteiger partial charge in [-0.25, -0.2) is 4.79 Å².